The van der Waals surface area contributed by atoms with Gasteiger partial charge in [0.1, 0.15) is 0 Å². The monoisotopic (exact) mass is 374 g/mol. The molecule has 4 rings (SSSR count). The normalized spacial score (nSPS) is 14.0. The molecule has 1 fully saturated rings. The molecule has 9 heteroatoms. The van der Waals surface area contributed by atoms with Crippen LogP contribution < -0.4 is 10.2 Å². The van der Waals surface area contributed by atoms with Gasteiger partial charge >= 0.3 is 0 Å². The van der Waals surface area contributed by atoms with Crippen molar-refractivity contribution in [1.29, 1.82) is 0 Å². The Morgan fingerprint density at radius 2 is 2.20 bits per heavy atom. The van der Waals surface area contributed by atoms with Gasteiger partial charge in [-0.15, -0.1) is 11.3 Å². The number of carbonyl (C=O) groups excluding carboxylic acids is 1. The van der Waals surface area contributed by atoms with E-state index in [4.69, 9.17) is 11.6 Å². The van der Waals surface area contributed by atoms with Crippen LogP contribution in [0.15, 0.2) is 29.8 Å². The highest BCUT2D eigenvalue weighted by Gasteiger charge is 2.20. The van der Waals surface area contributed by atoms with E-state index in [9.17, 15) is 4.79 Å². The molecule has 0 aromatic carbocycles. The minimum absolute atomic E-state index is 0.152. The Hall–Kier alpha value is -2.45. The molecule has 0 radical (unpaired) electrons. The molecule has 2 N–H and O–H groups in total. The number of hydrogen-bond acceptors (Lipinski definition) is 6. The zero-order chi connectivity index (χ0) is 17.2. The average molecular weight is 375 g/mol. The summed E-state index contributed by atoms with van der Waals surface area (Å²) < 4.78 is 0. The van der Waals surface area contributed by atoms with Crippen LogP contribution in [0.1, 0.15) is 23.3 Å². The van der Waals surface area contributed by atoms with Crippen LogP contribution in [-0.2, 0) is 0 Å². The Labute approximate surface area is 153 Å². The molecule has 1 aliphatic rings. The number of aromatic nitrogens is 4. The van der Waals surface area contributed by atoms with Crippen molar-refractivity contribution in [2.75, 3.05) is 23.3 Å². The molecule has 1 amide bonds. The SMILES string of the molecule is O=C(Nc1cc(-c2cccs2)[nH]n1)c1nc(N2CCCC2)ncc1Cl. The van der Waals surface area contributed by atoms with Gasteiger partial charge in [0, 0.05) is 19.2 Å². The molecule has 0 unspecified atom stereocenters. The third-order valence-corrected chi connectivity index (χ3v) is 5.12. The van der Waals surface area contributed by atoms with Gasteiger partial charge in [-0.1, -0.05) is 17.7 Å². The lowest BCUT2D eigenvalue weighted by molar-refractivity contribution is 0.102. The molecule has 128 valence electrons. The number of rotatable bonds is 4. The fourth-order valence-corrected chi connectivity index (χ4v) is 3.58. The summed E-state index contributed by atoms with van der Waals surface area (Å²) in [5.74, 6) is 0.552. The van der Waals surface area contributed by atoms with Crippen LogP contribution in [-0.4, -0.2) is 39.2 Å². The van der Waals surface area contributed by atoms with Gasteiger partial charge in [0.05, 0.1) is 21.8 Å². The van der Waals surface area contributed by atoms with Crippen LogP contribution in [0.2, 0.25) is 5.02 Å². The van der Waals surface area contributed by atoms with E-state index in [1.165, 1.54) is 6.20 Å². The number of nitrogens with one attached hydrogen (secondary N) is 2. The molecule has 4 heterocycles. The molecule has 3 aromatic heterocycles. The maximum Gasteiger partial charge on any atom is 0.277 e. The molecule has 0 aliphatic carbocycles. The first-order valence-corrected chi connectivity index (χ1v) is 9.14. The summed E-state index contributed by atoms with van der Waals surface area (Å²) in [6.45, 7) is 1.79. The smallest absolute Gasteiger partial charge is 0.277 e. The van der Waals surface area contributed by atoms with Crippen molar-refractivity contribution in [2.24, 2.45) is 0 Å². The summed E-state index contributed by atoms with van der Waals surface area (Å²) in [4.78, 5) is 24.2. The summed E-state index contributed by atoms with van der Waals surface area (Å²) in [5.41, 5.74) is 0.996. The second-order valence-electron chi connectivity index (χ2n) is 5.66. The van der Waals surface area contributed by atoms with Crippen LogP contribution >= 0.6 is 22.9 Å². The van der Waals surface area contributed by atoms with E-state index in [0.717, 1.165) is 36.5 Å². The van der Waals surface area contributed by atoms with Crippen LogP contribution in [0.5, 0.6) is 0 Å². The number of hydrogen-bond donors (Lipinski definition) is 2. The lowest BCUT2D eigenvalue weighted by Gasteiger charge is -2.15. The van der Waals surface area contributed by atoms with Gasteiger partial charge in [0.2, 0.25) is 5.95 Å². The minimum Gasteiger partial charge on any atom is -0.341 e. The lowest BCUT2D eigenvalue weighted by atomic mass is 10.3. The molecular weight excluding hydrogens is 360 g/mol. The average Bonchev–Trinajstić information content (AvgIpc) is 3.37. The van der Waals surface area contributed by atoms with E-state index in [-0.39, 0.29) is 10.7 Å². The van der Waals surface area contributed by atoms with Gasteiger partial charge in [-0.2, -0.15) is 5.10 Å². The molecule has 3 aromatic rings. The Kier molecular flexibility index (Phi) is 4.37. The number of halogens is 1. The summed E-state index contributed by atoms with van der Waals surface area (Å²) in [5, 5.41) is 12.0. The number of anilines is 2. The van der Waals surface area contributed by atoms with Crippen LogP contribution in [0.25, 0.3) is 10.6 Å². The standard InChI is InChI=1S/C16H15ClN6OS/c17-10-9-18-16(23-5-1-2-6-23)20-14(10)15(24)19-13-8-11(21-22-13)12-4-3-7-25-12/h3-4,7-9H,1-2,5-6H2,(H2,19,21,22,24). The van der Waals surface area contributed by atoms with E-state index in [1.54, 1.807) is 17.4 Å². The molecule has 1 aliphatic heterocycles. The molecule has 25 heavy (non-hydrogen) atoms. The van der Waals surface area contributed by atoms with Gasteiger partial charge in [-0.3, -0.25) is 9.89 Å². The summed E-state index contributed by atoms with van der Waals surface area (Å²) in [6, 6.07) is 5.72. The van der Waals surface area contributed by atoms with Gasteiger partial charge in [-0.05, 0) is 24.3 Å². The first-order valence-electron chi connectivity index (χ1n) is 7.89. The summed E-state index contributed by atoms with van der Waals surface area (Å²) in [7, 11) is 0. The molecular formula is C16H15ClN6OS. The predicted octanol–water partition coefficient (Wildman–Crippen LogP) is 3.43. The van der Waals surface area contributed by atoms with Gasteiger partial charge < -0.3 is 10.2 Å². The van der Waals surface area contributed by atoms with Gasteiger partial charge in [0.25, 0.3) is 5.91 Å². The number of amides is 1. The number of H-pyrrole nitrogens is 1. The van der Waals surface area contributed by atoms with E-state index in [2.05, 4.69) is 30.4 Å². The molecule has 1 saturated heterocycles. The summed E-state index contributed by atoms with van der Waals surface area (Å²) >= 11 is 7.71. The van der Waals surface area contributed by atoms with Crippen molar-refractivity contribution in [3.8, 4) is 10.6 Å². The van der Waals surface area contributed by atoms with Crippen molar-refractivity contribution in [3.63, 3.8) is 0 Å². The topological polar surface area (TPSA) is 86.8 Å². The fraction of sp³-hybridized carbons (Fsp3) is 0.250. The number of carbonyl (C=O) groups is 1. The van der Waals surface area contributed by atoms with E-state index in [0.29, 0.717) is 11.8 Å². The van der Waals surface area contributed by atoms with E-state index >= 15 is 0 Å². The van der Waals surface area contributed by atoms with Crippen molar-refractivity contribution < 1.29 is 4.79 Å². The second kappa shape index (κ2) is 6.81. The van der Waals surface area contributed by atoms with Crippen molar-refractivity contribution in [1.82, 2.24) is 20.2 Å². The van der Waals surface area contributed by atoms with Crippen LogP contribution in [0.3, 0.4) is 0 Å². The van der Waals surface area contributed by atoms with Gasteiger partial charge in [-0.25, -0.2) is 9.97 Å². The van der Waals surface area contributed by atoms with Crippen molar-refractivity contribution >= 4 is 40.6 Å². The maximum absolute atomic E-state index is 12.5. The third-order valence-electron chi connectivity index (χ3n) is 3.94. The Morgan fingerprint density at radius 3 is 2.96 bits per heavy atom. The highest BCUT2D eigenvalue weighted by molar-refractivity contribution is 7.13. The zero-order valence-electron chi connectivity index (χ0n) is 13.2. The molecule has 7 nitrogen and oxygen atoms in total. The van der Waals surface area contributed by atoms with E-state index < -0.39 is 5.91 Å². The van der Waals surface area contributed by atoms with Crippen LogP contribution in [0.4, 0.5) is 11.8 Å². The first-order chi connectivity index (χ1) is 12.2. The fourth-order valence-electron chi connectivity index (χ4n) is 2.71. The number of nitrogens with zero attached hydrogens (tertiary/aromatic N) is 4. The Morgan fingerprint density at radius 1 is 1.36 bits per heavy atom. The zero-order valence-corrected chi connectivity index (χ0v) is 14.8. The lowest BCUT2D eigenvalue weighted by Crippen LogP contribution is -2.23. The summed E-state index contributed by atoms with van der Waals surface area (Å²) in [6.07, 6.45) is 3.68. The Bertz CT molecular complexity index is 888. The largest absolute Gasteiger partial charge is 0.341 e. The van der Waals surface area contributed by atoms with Crippen LogP contribution in [0, 0.1) is 0 Å². The molecule has 0 spiro atoms. The van der Waals surface area contributed by atoms with Crippen molar-refractivity contribution in [2.45, 2.75) is 12.8 Å². The highest BCUT2D eigenvalue weighted by atomic mass is 35.5. The second-order valence-corrected chi connectivity index (χ2v) is 7.01. The van der Waals surface area contributed by atoms with Crippen molar-refractivity contribution in [3.05, 3.63) is 40.5 Å². The first kappa shape index (κ1) is 16.0. The van der Waals surface area contributed by atoms with Gasteiger partial charge in [0.15, 0.2) is 11.5 Å². The third kappa shape index (κ3) is 3.35. The quantitative estimate of drug-likeness (QED) is 0.730. The minimum atomic E-state index is -0.405. The van der Waals surface area contributed by atoms with E-state index in [1.807, 2.05) is 17.5 Å². The Balaban J connectivity index is 1.53. The molecule has 0 atom stereocenters. The highest BCUT2D eigenvalue weighted by Crippen LogP contribution is 2.25. The molecule has 0 bridgehead atoms. The molecule has 0 saturated carbocycles. The predicted molar refractivity (Wildman–Crippen MR) is 98.3 cm³/mol. The number of aromatic amines is 1. The number of thiophene rings is 1. The maximum atomic E-state index is 12.5.